The van der Waals surface area contributed by atoms with Gasteiger partial charge in [-0.15, -0.1) is 11.8 Å². The van der Waals surface area contributed by atoms with Crippen LogP contribution in [-0.2, 0) is 34.1 Å². The van der Waals surface area contributed by atoms with Gasteiger partial charge in [-0.25, -0.2) is 22.5 Å². The molecule has 1 heterocycles. The van der Waals surface area contributed by atoms with Gasteiger partial charge in [-0.2, -0.15) is 13.2 Å². The highest BCUT2D eigenvalue weighted by molar-refractivity contribution is 7.99. The van der Waals surface area contributed by atoms with Gasteiger partial charge in [0.2, 0.25) is 15.9 Å². The maximum absolute atomic E-state index is 14.4. The molecular weight excluding hydrogens is 494 g/mol. The minimum absolute atomic E-state index is 0.0262. The first-order valence-corrected chi connectivity index (χ1v) is 13.4. The quantitative estimate of drug-likeness (QED) is 0.256. The number of alkyl halides is 3. The van der Waals surface area contributed by atoms with Gasteiger partial charge in [0.05, 0.1) is 12.2 Å². The molecule has 0 fully saturated rings. The normalized spacial score (nSPS) is 13.0. The second kappa shape index (κ2) is 12.0. The van der Waals surface area contributed by atoms with Crippen LogP contribution in [0.2, 0.25) is 0 Å². The number of carbonyl (C=O) groups is 1. The van der Waals surface area contributed by atoms with E-state index >= 15 is 0 Å². The van der Waals surface area contributed by atoms with E-state index in [0.717, 1.165) is 31.2 Å². The summed E-state index contributed by atoms with van der Waals surface area (Å²) >= 11 is 1.21. The molecule has 188 valence electrons. The topological polar surface area (TPSA) is 88.2 Å². The summed E-state index contributed by atoms with van der Waals surface area (Å²) in [5, 5.41) is 2.89. The molecule has 12 heteroatoms. The highest BCUT2D eigenvalue weighted by atomic mass is 32.2. The van der Waals surface area contributed by atoms with Gasteiger partial charge in [-0.3, -0.25) is 4.79 Å². The molecule has 2 aromatic rings. The van der Waals surface area contributed by atoms with Gasteiger partial charge in [-0.1, -0.05) is 31.5 Å². The zero-order valence-electron chi connectivity index (χ0n) is 19.0. The third-order valence-electron chi connectivity index (χ3n) is 4.91. The molecule has 2 rings (SSSR count). The van der Waals surface area contributed by atoms with Crippen molar-refractivity contribution in [1.29, 1.82) is 0 Å². The van der Waals surface area contributed by atoms with Crippen LogP contribution in [0.15, 0.2) is 35.4 Å². The Morgan fingerprint density at radius 2 is 1.82 bits per heavy atom. The molecule has 0 saturated carbocycles. The minimum atomic E-state index is -4.57. The highest BCUT2D eigenvalue weighted by Gasteiger charge is 2.33. The Kier molecular flexibility index (Phi) is 9.89. The Hall–Kier alpha value is -2.18. The van der Waals surface area contributed by atoms with Crippen molar-refractivity contribution in [3.63, 3.8) is 0 Å². The largest absolute Gasteiger partial charge is 0.433 e. The molecule has 1 aromatic carbocycles. The molecule has 6 nitrogen and oxygen atoms in total. The van der Waals surface area contributed by atoms with Crippen LogP contribution >= 0.6 is 11.8 Å². The molecule has 34 heavy (non-hydrogen) atoms. The van der Waals surface area contributed by atoms with E-state index in [1.54, 1.807) is 6.92 Å². The predicted molar refractivity (Wildman–Crippen MR) is 123 cm³/mol. The third kappa shape index (κ3) is 8.55. The molecule has 0 aliphatic carbocycles. The predicted octanol–water partition coefficient (Wildman–Crippen LogP) is 4.60. The van der Waals surface area contributed by atoms with Crippen LogP contribution in [0.3, 0.4) is 0 Å². The molecule has 1 amide bonds. The Morgan fingerprint density at radius 3 is 2.41 bits per heavy atom. The summed E-state index contributed by atoms with van der Waals surface area (Å²) in [6.07, 6.45) is -1.91. The van der Waals surface area contributed by atoms with E-state index < -0.39 is 39.5 Å². The van der Waals surface area contributed by atoms with Gasteiger partial charge in [0.25, 0.3) is 0 Å². The number of pyridine rings is 1. The second-order valence-corrected chi connectivity index (χ2v) is 10.7. The van der Waals surface area contributed by atoms with Crippen molar-refractivity contribution in [2.45, 2.75) is 56.9 Å². The van der Waals surface area contributed by atoms with Gasteiger partial charge in [-0.05, 0) is 36.8 Å². The van der Waals surface area contributed by atoms with Crippen molar-refractivity contribution < 1.29 is 30.8 Å². The number of amides is 1. The van der Waals surface area contributed by atoms with Gasteiger partial charge >= 0.3 is 6.18 Å². The van der Waals surface area contributed by atoms with Crippen LogP contribution in [-0.4, -0.2) is 31.3 Å². The first kappa shape index (κ1) is 28.1. The first-order chi connectivity index (χ1) is 15.8. The van der Waals surface area contributed by atoms with Gasteiger partial charge in [0.1, 0.15) is 16.5 Å². The summed E-state index contributed by atoms with van der Waals surface area (Å²) < 4.78 is 78.1. The minimum Gasteiger partial charge on any atom is -0.351 e. The fourth-order valence-electron chi connectivity index (χ4n) is 2.87. The molecule has 1 unspecified atom stereocenters. The van der Waals surface area contributed by atoms with Crippen LogP contribution in [0.4, 0.5) is 17.6 Å². The first-order valence-electron chi connectivity index (χ1n) is 10.5. The highest BCUT2D eigenvalue weighted by Crippen LogP contribution is 2.31. The maximum Gasteiger partial charge on any atom is 0.433 e. The lowest BCUT2D eigenvalue weighted by atomic mass is 9.98. The van der Waals surface area contributed by atoms with E-state index in [2.05, 4.69) is 15.0 Å². The van der Waals surface area contributed by atoms with Crippen LogP contribution in [0.1, 0.15) is 55.0 Å². The van der Waals surface area contributed by atoms with Gasteiger partial charge in [0.15, 0.2) is 0 Å². The number of benzene rings is 1. The summed E-state index contributed by atoms with van der Waals surface area (Å²) in [4.78, 5) is 16.4. The van der Waals surface area contributed by atoms with E-state index in [9.17, 15) is 30.8 Å². The molecule has 0 spiro atoms. The number of aromatic nitrogens is 1. The zero-order valence-corrected chi connectivity index (χ0v) is 20.6. The van der Waals surface area contributed by atoms with Crippen LogP contribution in [0, 0.1) is 5.82 Å². The number of nitrogens with one attached hydrogen (secondary N) is 2. The number of halogens is 4. The number of carbonyl (C=O) groups excluding carboxylic acids is 1. The number of hydrogen-bond acceptors (Lipinski definition) is 5. The monoisotopic (exact) mass is 521 g/mol. The van der Waals surface area contributed by atoms with Crippen molar-refractivity contribution in [3.8, 4) is 0 Å². The van der Waals surface area contributed by atoms with Crippen molar-refractivity contribution >= 4 is 27.7 Å². The van der Waals surface area contributed by atoms with Crippen molar-refractivity contribution in [1.82, 2.24) is 15.0 Å². The summed E-state index contributed by atoms with van der Waals surface area (Å²) in [7, 11) is -3.48. The van der Waals surface area contributed by atoms with Crippen molar-refractivity contribution in [2.24, 2.45) is 0 Å². The number of rotatable bonds is 11. The van der Waals surface area contributed by atoms with Crippen LogP contribution < -0.4 is 10.0 Å². The fraction of sp³-hybridized carbons (Fsp3) is 0.455. The van der Waals surface area contributed by atoms with Crippen LogP contribution in [0.5, 0.6) is 0 Å². The smallest absolute Gasteiger partial charge is 0.351 e. The van der Waals surface area contributed by atoms with Crippen molar-refractivity contribution in [3.05, 3.63) is 58.5 Å². The number of sulfonamides is 1. The maximum atomic E-state index is 14.4. The average Bonchev–Trinajstić information content (AvgIpc) is 2.75. The molecule has 0 bridgehead atoms. The lowest BCUT2D eigenvalue weighted by molar-refractivity contribution is -0.141. The number of nitrogens with zero attached hydrogens (tertiary/aromatic N) is 1. The SMILES string of the molecule is CCCCSc1nc(C(F)(F)F)ccc1CNC(=O)C(C)c1ccc(CNS(C)(=O)=O)c(F)c1. The average molecular weight is 522 g/mol. The van der Waals surface area contributed by atoms with E-state index in [-0.39, 0.29) is 23.7 Å². The van der Waals surface area contributed by atoms with E-state index in [4.69, 9.17) is 0 Å². The van der Waals surface area contributed by atoms with E-state index in [1.807, 2.05) is 6.92 Å². The Morgan fingerprint density at radius 1 is 1.15 bits per heavy atom. The number of unbranched alkanes of at least 4 members (excludes halogenated alkanes) is 1. The molecule has 0 saturated heterocycles. The Labute approximate surface area is 201 Å². The Balaban J connectivity index is 2.10. The standard InChI is InChI=1S/C22H27F4N3O3S2/c1-4-5-10-33-21-17(8-9-19(29-21)22(24,25)26)12-27-20(30)14(2)15-6-7-16(18(23)11-15)13-28-34(3,31)32/h6-9,11,14,28H,4-5,10,12-13H2,1-3H3,(H,27,30). The number of hydrogen-bond donors (Lipinski definition) is 2. The van der Waals surface area contributed by atoms with E-state index in [0.29, 0.717) is 16.9 Å². The fourth-order valence-corrected chi connectivity index (χ4v) is 4.40. The Bertz CT molecular complexity index is 1110. The zero-order chi connectivity index (χ0) is 25.5. The van der Waals surface area contributed by atoms with Crippen LogP contribution in [0.25, 0.3) is 0 Å². The van der Waals surface area contributed by atoms with Crippen molar-refractivity contribution in [2.75, 3.05) is 12.0 Å². The lowest BCUT2D eigenvalue weighted by Crippen LogP contribution is -2.28. The summed E-state index contributed by atoms with van der Waals surface area (Å²) in [5.74, 6) is -1.24. The molecule has 1 atom stereocenters. The summed E-state index contributed by atoms with van der Waals surface area (Å²) in [6.45, 7) is 3.30. The summed E-state index contributed by atoms with van der Waals surface area (Å²) in [5.41, 5.74) is -0.0218. The molecule has 1 aromatic heterocycles. The second-order valence-electron chi connectivity index (χ2n) is 7.74. The molecule has 0 aliphatic heterocycles. The van der Waals surface area contributed by atoms with E-state index in [1.165, 1.54) is 30.0 Å². The third-order valence-corrected chi connectivity index (χ3v) is 6.70. The molecule has 0 aliphatic rings. The summed E-state index contributed by atoms with van der Waals surface area (Å²) in [6, 6.07) is 6.27. The molecular formula is C22H27F4N3O3S2. The van der Waals surface area contributed by atoms with Gasteiger partial charge < -0.3 is 5.32 Å². The lowest BCUT2D eigenvalue weighted by Gasteiger charge is -2.16. The number of thioether (sulfide) groups is 1. The molecule has 0 radical (unpaired) electrons. The van der Waals surface area contributed by atoms with Gasteiger partial charge in [0, 0.05) is 24.2 Å². The molecule has 2 N–H and O–H groups in total.